The van der Waals surface area contributed by atoms with Crippen LogP contribution in [0.5, 0.6) is 11.5 Å². The van der Waals surface area contributed by atoms with Crippen LogP contribution >= 0.6 is 0 Å². The van der Waals surface area contributed by atoms with E-state index in [0.717, 1.165) is 22.9 Å². The van der Waals surface area contributed by atoms with E-state index in [-0.39, 0.29) is 0 Å². The van der Waals surface area contributed by atoms with Crippen molar-refractivity contribution in [3.8, 4) is 22.9 Å². The van der Waals surface area contributed by atoms with Gasteiger partial charge in [0.05, 0.1) is 12.2 Å². The third-order valence-electron chi connectivity index (χ3n) is 2.96. The Labute approximate surface area is 110 Å². The molecule has 0 bridgehead atoms. The highest BCUT2D eigenvalue weighted by atomic mass is 16.6. The number of hydrogen-bond donors (Lipinski definition) is 0. The van der Waals surface area contributed by atoms with E-state index in [1.807, 2.05) is 22.8 Å². The fraction of sp³-hybridized carbons (Fsp3) is 0.385. The van der Waals surface area contributed by atoms with Crippen LogP contribution in [-0.4, -0.2) is 41.7 Å². The first-order valence-electron chi connectivity index (χ1n) is 6.16. The molecule has 0 saturated carbocycles. The summed E-state index contributed by atoms with van der Waals surface area (Å²) >= 11 is 0. The number of rotatable bonds is 4. The molecule has 2 heterocycles. The average Bonchev–Trinajstić information content (AvgIpc) is 2.92. The van der Waals surface area contributed by atoms with E-state index in [0.29, 0.717) is 26.4 Å². The van der Waals surface area contributed by atoms with Gasteiger partial charge in [-0.15, -0.1) is 10.2 Å². The molecule has 0 unspecified atom stereocenters. The Kier molecular flexibility index (Phi) is 3.33. The van der Waals surface area contributed by atoms with Crippen LogP contribution in [0.25, 0.3) is 11.4 Å². The lowest BCUT2D eigenvalue weighted by atomic mass is 10.1. The summed E-state index contributed by atoms with van der Waals surface area (Å²) in [5.41, 5.74) is 0.894. The first-order chi connectivity index (χ1) is 9.40. The normalized spacial score (nSPS) is 13.5. The van der Waals surface area contributed by atoms with Crippen molar-refractivity contribution >= 4 is 0 Å². The van der Waals surface area contributed by atoms with Gasteiger partial charge in [0.15, 0.2) is 17.3 Å². The van der Waals surface area contributed by atoms with Crippen molar-refractivity contribution in [3.05, 3.63) is 24.5 Å². The minimum Gasteiger partial charge on any atom is -0.486 e. The predicted molar refractivity (Wildman–Crippen MR) is 68.3 cm³/mol. The molecule has 0 fully saturated rings. The molecule has 0 N–H and O–H groups in total. The SMILES string of the molecule is COCCn1cnnc1-c1cccc2c1OCCO2. The summed E-state index contributed by atoms with van der Waals surface area (Å²) in [6, 6.07) is 5.78. The highest BCUT2D eigenvalue weighted by molar-refractivity contribution is 5.69. The van der Waals surface area contributed by atoms with Gasteiger partial charge in [0.1, 0.15) is 19.5 Å². The van der Waals surface area contributed by atoms with Gasteiger partial charge in [0.2, 0.25) is 0 Å². The number of ether oxygens (including phenoxy) is 3. The average molecular weight is 261 g/mol. The summed E-state index contributed by atoms with van der Waals surface area (Å²) in [5, 5.41) is 8.13. The zero-order valence-electron chi connectivity index (χ0n) is 10.7. The van der Waals surface area contributed by atoms with Gasteiger partial charge in [-0.3, -0.25) is 0 Å². The zero-order valence-corrected chi connectivity index (χ0v) is 10.7. The van der Waals surface area contributed by atoms with Crippen molar-refractivity contribution in [3.63, 3.8) is 0 Å². The lowest BCUT2D eigenvalue weighted by Crippen LogP contribution is -2.16. The molecule has 0 saturated heterocycles. The maximum absolute atomic E-state index is 5.70. The van der Waals surface area contributed by atoms with E-state index in [1.54, 1.807) is 13.4 Å². The fourth-order valence-corrected chi connectivity index (χ4v) is 2.07. The number of methoxy groups -OCH3 is 1. The summed E-state index contributed by atoms with van der Waals surface area (Å²) in [4.78, 5) is 0. The van der Waals surface area contributed by atoms with E-state index in [9.17, 15) is 0 Å². The first kappa shape index (κ1) is 12.0. The van der Waals surface area contributed by atoms with Crippen LogP contribution in [0.3, 0.4) is 0 Å². The third kappa shape index (κ3) is 2.26. The maximum atomic E-state index is 5.70. The Hall–Kier alpha value is -2.08. The number of nitrogens with zero attached hydrogens (tertiary/aromatic N) is 3. The Bertz CT molecular complexity index is 568. The number of hydrogen-bond acceptors (Lipinski definition) is 5. The number of para-hydroxylation sites is 1. The molecule has 100 valence electrons. The van der Waals surface area contributed by atoms with Gasteiger partial charge in [-0.1, -0.05) is 6.07 Å². The molecule has 1 aliphatic rings. The predicted octanol–water partition coefficient (Wildman–Crippen LogP) is 1.36. The quantitative estimate of drug-likeness (QED) is 0.831. The summed E-state index contributed by atoms with van der Waals surface area (Å²) in [6.07, 6.45) is 1.69. The van der Waals surface area contributed by atoms with Crippen LogP contribution in [-0.2, 0) is 11.3 Å². The molecule has 2 aromatic rings. The fourth-order valence-electron chi connectivity index (χ4n) is 2.07. The van der Waals surface area contributed by atoms with Crippen molar-refractivity contribution < 1.29 is 14.2 Å². The van der Waals surface area contributed by atoms with Crippen LogP contribution in [0.1, 0.15) is 0 Å². The Balaban J connectivity index is 2.00. The van der Waals surface area contributed by atoms with Crippen LogP contribution in [0.2, 0.25) is 0 Å². The highest BCUT2D eigenvalue weighted by Crippen LogP contribution is 2.38. The molecule has 0 radical (unpaired) electrons. The van der Waals surface area contributed by atoms with E-state index >= 15 is 0 Å². The highest BCUT2D eigenvalue weighted by Gasteiger charge is 2.19. The van der Waals surface area contributed by atoms with Crippen molar-refractivity contribution in [2.45, 2.75) is 6.54 Å². The van der Waals surface area contributed by atoms with Gasteiger partial charge in [-0.05, 0) is 12.1 Å². The molecule has 0 atom stereocenters. The number of fused-ring (bicyclic) bond motifs is 1. The van der Waals surface area contributed by atoms with Crippen molar-refractivity contribution in [2.24, 2.45) is 0 Å². The van der Waals surface area contributed by atoms with E-state index in [2.05, 4.69) is 10.2 Å². The summed E-state index contributed by atoms with van der Waals surface area (Å²) in [6.45, 7) is 2.43. The maximum Gasteiger partial charge on any atom is 0.172 e. The van der Waals surface area contributed by atoms with Crippen molar-refractivity contribution in [2.75, 3.05) is 26.9 Å². The second-order valence-electron chi connectivity index (χ2n) is 4.17. The van der Waals surface area contributed by atoms with E-state index < -0.39 is 0 Å². The molecular weight excluding hydrogens is 246 g/mol. The van der Waals surface area contributed by atoms with Gasteiger partial charge in [-0.2, -0.15) is 0 Å². The van der Waals surface area contributed by atoms with E-state index in [1.165, 1.54) is 0 Å². The van der Waals surface area contributed by atoms with Gasteiger partial charge in [-0.25, -0.2) is 0 Å². The smallest absolute Gasteiger partial charge is 0.172 e. The second kappa shape index (κ2) is 5.27. The Morgan fingerprint density at radius 3 is 3.11 bits per heavy atom. The van der Waals surface area contributed by atoms with Gasteiger partial charge < -0.3 is 18.8 Å². The third-order valence-corrected chi connectivity index (χ3v) is 2.96. The Morgan fingerprint density at radius 1 is 1.32 bits per heavy atom. The molecule has 0 spiro atoms. The van der Waals surface area contributed by atoms with Crippen LogP contribution in [0.4, 0.5) is 0 Å². The van der Waals surface area contributed by atoms with Gasteiger partial charge in [0, 0.05) is 13.7 Å². The number of benzene rings is 1. The molecule has 0 aliphatic carbocycles. The van der Waals surface area contributed by atoms with Crippen LogP contribution in [0, 0.1) is 0 Å². The molecular formula is C13H15N3O3. The molecule has 19 heavy (non-hydrogen) atoms. The molecule has 6 heteroatoms. The zero-order chi connectivity index (χ0) is 13.1. The largest absolute Gasteiger partial charge is 0.486 e. The molecule has 3 rings (SSSR count). The molecule has 0 amide bonds. The van der Waals surface area contributed by atoms with Crippen LogP contribution in [0.15, 0.2) is 24.5 Å². The lowest BCUT2D eigenvalue weighted by molar-refractivity contribution is 0.172. The van der Waals surface area contributed by atoms with Crippen LogP contribution < -0.4 is 9.47 Å². The molecule has 6 nitrogen and oxygen atoms in total. The number of aromatic nitrogens is 3. The summed E-state index contributed by atoms with van der Waals surface area (Å²) < 4.78 is 18.3. The Morgan fingerprint density at radius 2 is 2.21 bits per heavy atom. The van der Waals surface area contributed by atoms with Crippen molar-refractivity contribution in [1.29, 1.82) is 0 Å². The first-order valence-corrected chi connectivity index (χ1v) is 6.16. The van der Waals surface area contributed by atoms with Crippen molar-refractivity contribution in [1.82, 2.24) is 14.8 Å². The monoisotopic (exact) mass is 261 g/mol. The summed E-state index contributed by atoms with van der Waals surface area (Å²) in [5.74, 6) is 2.25. The minimum absolute atomic E-state index is 0.552. The van der Waals surface area contributed by atoms with Gasteiger partial charge >= 0.3 is 0 Å². The topological polar surface area (TPSA) is 58.4 Å². The lowest BCUT2D eigenvalue weighted by Gasteiger charge is -2.20. The van der Waals surface area contributed by atoms with E-state index in [4.69, 9.17) is 14.2 Å². The molecule has 1 aromatic carbocycles. The van der Waals surface area contributed by atoms with Gasteiger partial charge in [0.25, 0.3) is 0 Å². The standard InChI is InChI=1S/C13H15N3O3/c1-17-6-5-16-9-14-15-13(16)10-3-2-4-11-12(10)19-8-7-18-11/h2-4,9H,5-8H2,1H3. The minimum atomic E-state index is 0.552. The second-order valence-corrected chi connectivity index (χ2v) is 4.17. The molecule has 1 aliphatic heterocycles. The summed E-state index contributed by atoms with van der Waals surface area (Å²) in [7, 11) is 1.67. The molecule has 1 aromatic heterocycles.